The average molecular weight is 405 g/mol. The molecule has 1 saturated heterocycles. The Morgan fingerprint density at radius 3 is 2.79 bits per heavy atom. The Morgan fingerprint density at radius 2 is 2.04 bits per heavy atom. The van der Waals surface area contributed by atoms with E-state index in [2.05, 4.69) is 25.7 Å². The molecule has 3 aromatic rings. The summed E-state index contributed by atoms with van der Waals surface area (Å²) in [7, 11) is 0. The van der Waals surface area contributed by atoms with Gasteiger partial charge in [0, 0.05) is 37.4 Å². The van der Waals surface area contributed by atoms with E-state index in [1.54, 1.807) is 29.1 Å². The summed E-state index contributed by atoms with van der Waals surface area (Å²) in [5.74, 6) is 0.590. The quantitative estimate of drug-likeness (QED) is 0.649. The van der Waals surface area contributed by atoms with Crippen molar-refractivity contribution in [2.45, 2.75) is 6.54 Å². The van der Waals surface area contributed by atoms with Crippen molar-refractivity contribution in [1.29, 1.82) is 0 Å². The van der Waals surface area contributed by atoms with Crippen molar-refractivity contribution in [2.75, 3.05) is 19.7 Å². The van der Waals surface area contributed by atoms with E-state index in [4.69, 9.17) is 16.3 Å². The monoisotopic (exact) mass is 404 g/mol. The molecule has 10 heteroatoms. The van der Waals surface area contributed by atoms with Gasteiger partial charge in [0.1, 0.15) is 5.75 Å². The van der Waals surface area contributed by atoms with Gasteiger partial charge in [-0.1, -0.05) is 11.6 Å². The first-order chi connectivity index (χ1) is 13.6. The first kappa shape index (κ1) is 18.7. The molecule has 0 amide bonds. The van der Waals surface area contributed by atoms with Gasteiger partial charge in [-0.15, -0.1) is 10.2 Å². The molecule has 2 N–H and O–H groups in total. The third-order valence-electron chi connectivity index (χ3n) is 4.67. The van der Waals surface area contributed by atoms with Gasteiger partial charge in [-0.3, -0.25) is 0 Å². The van der Waals surface area contributed by atoms with Crippen molar-refractivity contribution >= 4 is 11.6 Å². The standard InChI is InChI=1S/C18H18ClFN6O2/c19-14-5-16(20)18(22-8-14)28-15-3-1-11(2-4-15)17-23-25-26(24-17)9-12-6-21-7-13(12)10-27/h1-5,8,12-13,21,27H,6-7,9-10H2. The van der Waals surface area contributed by atoms with Crippen molar-refractivity contribution < 1.29 is 14.2 Å². The number of nitrogens with zero attached hydrogens (tertiary/aromatic N) is 5. The summed E-state index contributed by atoms with van der Waals surface area (Å²) in [6.45, 7) is 2.36. The van der Waals surface area contributed by atoms with Gasteiger partial charge in [0.2, 0.25) is 5.82 Å². The summed E-state index contributed by atoms with van der Waals surface area (Å²) in [4.78, 5) is 5.38. The third kappa shape index (κ3) is 4.11. The van der Waals surface area contributed by atoms with Crippen LogP contribution in [-0.2, 0) is 6.54 Å². The number of ether oxygens (including phenoxy) is 1. The highest BCUT2D eigenvalue weighted by molar-refractivity contribution is 6.30. The number of aliphatic hydroxyl groups is 1. The number of aliphatic hydroxyl groups excluding tert-OH is 1. The molecule has 146 valence electrons. The van der Waals surface area contributed by atoms with E-state index in [-0.39, 0.29) is 29.3 Å². The summed E-state index contributed by atoms with van der Waals surface area (Å²) in [5.41, 5.74) is 0.756. The Kier molecular flexibility index (Phi) is 5.47. The Labute approximate surface area is 165 Å². The first-order valence-corrected chi connectivity index (χ1v) is 9.19. The second-order valence-electron chi connectivity index (χ2n) is 6.60. The van der Waals surface area contributed by atoms with E-state index in [0.717, 1.165) is 24.7 Å². The summed E-state index contributed by atoms with van der Waals surface area (Å²) in [6, 6.07) is 8.01. The number of pyridine rings is 1. The topological polar surface area (TPSA) is 98.0 Å². The van der Waals surface area contributed by atoms with Crippen LogP contribution in [0.3, 0.4) is 0 Å². The highest BCUT2D eigenvalue weighted by Gasteiger charge is 2.27. The van der Waals surface area contributed by atoms with E-state index in [1.807, 2.05) is 0 Å². The van der Waals surface area contributed by atoms with Crippen molar-refractivity contribution in [2.24, 2.45) is 11.8 Å². The highest BCUT2D eigenvalue weighted by atomic mass is 35.5. The van der Waals surface area contributed by atoms with Crippen molar-refractivity contribution in [3.63, 3.8) is 0 Å². The molecule has 3 heterocycles. The molecule has 2 aromatic heterocycles. The lowest BCUT2D eigenvalue weighted by Gasteiger charge is -2.14. The van der Waals surface area contributed by atoms with Crippen LogP contribution in [0.1, 0.15) is 0 Å². The van der Waals surface area contributed by atoms with Gasteiger partial charge >= 0.3 is 0 Å². The maximum Gasteiger partial charge on any atom is 0.255 e. The molecule has 0 bridgehead atoms. The maximum absolute atomic E-state index is 13.8. The molecule has 28 heavy (non-hydrogen) atoms. The van der Waals surface area contributed by atoms with Crippen LogP contribution >= 0.6 is 11.6 Å². The Balaban J connectivity index is 1.43. The van der Waals surface area contributed by atoms with Gasteiger partial charge in [-0.25, -0.2) is 9.37 Å². The van der Waals surface area contributed by atoms with Gasteiger partial charge in [0.15, 0.2) is 5.82 Å². The molecule has 8 nitrogen and oxygen atoms in total. The summed E-state index contributed by atoms with van der Waals surface area (Å²) >= 11 is 5.68. The van der Waals surface area contributed by atoms with Crippen molar-refractivity contribution in [3.05, 3.63) is 47.4 Å². The molecule has 1 aromatic carbocycles. The molecule has 1 aliphatic rings. The molecular weight excluding hydrogens is 387 g/mol. The van der Waals surface area contributed by atoms with Crippen LogP contribution in [0.2, 0.25) is 5.02 Å². The fourth-order valence-electron chi connectivity index (χ4n) is 3.12. The van der Waals surface area contributed by atoms with E-state index in [0.29, 0.717) is 18.1 Å². The lowest BCUT2D eigenvalue weighted by Crippen LogP contribution is -2.22. The minimum Gasteiger partial charge on any atom is -0.436 e. The Hall–Kier alpha value is -2.62. The molecule has 4 rings (SSSR count). The van der Waals surface area contributed by atoms with Crippen LogP contribution in [0, 0.1) is 17.7 Å². The summed E-state index contributed by atoms with van der Waals surface area (Å²) in [5, 5.41) is 25.5. The predicted octanol–water partition coefficient (Wildman–Crippen LogP) is 2.15. The number of rotatable bonds is 6. The van der Waals surface area contributed by atoms with Gasteiger partial charge in [0.25, 0.3) is 5.88 Å². The van der Waals surface area contributed by atoms with Crippen LogP contribution in [0.4, 0.5) is 4.39 Å². The normalized spacial score (nSPS) is 19.1. The SMILES string of the molecule is OCC1CNCC1Cn1nnc(-c2ccc(Oc3ncc(Cl)cc3F)cc2)n1. The molecule has 2 unspecified atom stereocenters. The zero-order valence-corrected chi connectivity index (χ0v) is 15.6. The molecule has 1 aliphatic heterocycles. The predicted molar refractivity (Wildman–Crippen MR) is 99.5 cm³/mol. The van der Waals surface area contributed by atoms with E-state index in [9.17, 15) is 9.50 Å². The molecule has 0 saturated carbocycles. The molecular formula is C18H18ClFN6O2. The Bertz CT molecular complexity index is 952. The third-order valence-corrected chi connectivity index (χ3v) is 4.87. The first-order valence-electron chi connectivity index (χ1n) is 8.81. The van der Waals surface area contributed by atoms with Gasteiger partial charge in [-0.2, -0.15) is 4.80 Å². The zero-order valence-electron chi connectivity index (χ0n) is 14.8. The van der Waals surface area contributed by atoms with Gasteiger partial charge in [0.05, 0.1) is 11.6 Å². The summed E-state index contributed by atoms with van der Waals surface area (Å²) in [6.07, 6.45) is 1.32. The summed E-state index contributed by atoms with van der Waals surface area (Å²) < 4.78 is 19.2. The van der Waals surface area contributed by atoms with E-state index < -0.39 is 5.82 Å². The second-order valence-corrected chi connectivity index (χ2v) is 7.03. The van der Waals surface area contributed by atoms with Gasteiger partial charge in [-0.05, 0) is 41.5 Å². The lowest BCUT2D eigenvalue weighted by molar-refractivity contribution is 0.190. The number of hydrogen-bond acceptors (Lipinski definition) is 7. The molecule has 0 aliphatic carbocycles. The maximum atomic E-state index is 13.8. The molecule has 0 radical (unpaired) electrons. The van der Waals surface area contributed by atoms with Gasteiger partial charge < -0.3 is 15.2 Å². The van der Waals surface area contributed by atoms with Crippen molar-refractivity contribution in [1.82, 2.24) is 30.5 Å². The Morgan fingerprint density at radius 1 is 1.25 bits per heavy atom. The largest absolute Gasteiger partial charge is 0.436 e. The molecule has 1 fully saturated rings. The highest BCUT2D eigenvalue weighted by Crippen LogP contribution is 2.26. The van der Waals surface area contributed by atoms with Crippen LogP contribution < -0.4 is 10.1 Å². The number of halogens is 2. The lowest BCUT2D eigenvalue weighted by atomic mass is 9.97. The van der Waals surface area contributed by atoms with E-state index in [1.165, 1.54) is 6.20 Å². The second kappa shape index (κ2) is 8.17. The van der Waals surface area contributed by atoms with Crippen LogP contribution in [-0.4, -0.2) is 50.0 Å². The molecule has 0 spiro atoms. The molecule has 2 atom stereocenters. The van der Waals surface area contributed by atoms with Crippen LogP contribution in [0.15, 0.2) is 36.5 Å². The fraction of sp³-hybridized carbons (Fsp3) is 0.333. The van der Waals surface area contributed by atoms with Crippen LogP contribution in [0.5, 0.6) is 11.6 Å². The van der Waals surface area contributed by atoms with Crippen molar-refractivity contribution in [3.8, 4) is 23.0 Å². The van der Waals surface area contributed by atoms with Crippen LogP contribution in [0.25, 0.3) is 11.4 Å². The number of nitrogens with one attached hydrogen (secondary N) is 1. The zero-order chi connectivity index (χ0) is 19.5. The average Bonchev–Trinajstić information content (AvgIpc) is 3.34. The number of aromatic nitrogens is 5. The fourth-order valence-corrected chi connectivity index (χ4v) is 3.27. The minimum atomic E-state index is -0.635. The smallest absolute Gasteiger partial charge is 0.255 e. The number of hydrogen-bond donors (Lipinski definition) is 2. The minimum absolute atomic E-state index is 0.143. The van der Waals surface area contributed by atoms with E-state index >= 15 is 0 Å². The number of benzene rings is 1. The number of tetrazole rings is 1.